The van der Waals surface area contributed by atoms with Crippen LogP contribution >= 0.6 is 0 Å². The van der Waals surface area contributed by atoms with Crippen LogP contribution in [0.25, 0.3) is 0 Å². The minimum atomic E-state index is 0.833. The van der Waals surface area contributed by atoms with Crippen molar-refractivity contribution in [2.24, 2.45) is 16.8 Å². The molecule has 1 nitrogen and oxygen atoms in total. The molecule has 58 valence electrons. The SMILES string of the molecule is CC(C)C(C)CCC1=NC1. The molecule has 0 fully saturated rings. The Morgan fingerprint density at radius 3 is 2.40 bits per heavy atom. The van der Waals surface area contributed by atoms with Crippen LogP contribution in [-0.4, -0.2) is 12.3 Å². The van der Waals surface area contributed by atoms with Crippen LogP contribution in [0.5, 0.6) is 0 Å². The van der Waals surface area contributed by atoms with E-state index in [1.165, 1.54) is 18.6 Å². The molecule has 0 aromatic heterocycles. The van der Waals surface area contributed by atoms with E-state index in [1.807, 2.05) is 0 Å². The van der Waals surface area contributed by atoms with Gasteiger partial charge in [0.15, 0.2) is 0 Å². The fraction of sp³-hybridized carbons (Fsp3) is 0.889. The Hall–Kier alpha value is -0.330. The highest BCUT2D eigenvalue weighted by Gasteiger charge is 2.12. The van der Waals surface area contributed by atoms with Crippen LogP contribution in [0.4, 0.5) is 0 Å². The minimum Gasteiger partial charge on any atom is -0.286 e. The maximum absolute atomic E-state index is 4.15. The Morgan fingerprint density at radius 2 is 2.00 bits per heavy atom. The molecule has 0 spiro atoms. The molecule has 1 unspecified atom stereocenters. The van der Waals surface area contributed by atoms with E-state index in [0.29, 0.717) is 0 Å². The lowest BCUT2D eigenvalue weighted by Gasteiger charge is -2.13. The van der Waals surface area contributed by atoms with E-state index in [4.69, 9.17) is 0 Å². The van der Waals surface area contributed by atoms with E-state index in [0.717, 1.165) is 18.4 Å². The van der Waals surface area contributed by atoms with Crippen LogP contribution in [-0.2, 0) is 0 Å². The Morgan fingerprint density at radius 1 is 1.40 bits per heavy atom. The first kappa shape index (κ1) is 7.77. The highest BCUT2D eigenvalue weighted by Crippen LogP contribution is 2.18. The summed E-state index contributed by atoms with van der Waals surface area (Å²) in [5, 5.41) is 0. The molecule has 0 saturated heterocycles. The predicted octanol–water partition coefficient (Wildman–Crippen LogP) is 2.51. The third-order valence-electron chi connectivity index (χ3n) is 2.41. The van der Waals surface area contributed by atoms with Gasteiger partial charge in [0.25, 0.3) is 0 Å². The Labute approximate surface area is 63.5 Å². The molecule has 0 aromatic carbocycles. The first-order valence-electron chi connectivity index (χ1n) is 4.22. The van der Waals surface area contributed by atoms with Crippen LogP contribution in [0.1, 0.15) is 33.6 Å². The number of rotatable bonds is 4. The lowest BCUT2D eigenvalue weighted by Crippen LogP contribution is -2.04. The summed E-state index contributed by atoms with van der Waals surface area (Å²) in [7, 11) is 0. The molecule has 0 saturated carbocycles. The van der Waals surface area contributed by atoms with Gasteiger partial charge in [-0.3, -0.25) is 4.99 Å². The molecule has 1 aliphatic heterocycles. The average Bonchev–Trinajstić information content (AvgIpc) is 2.64. The maximum atomic E-state index is 4.15. The standard InChI is InChI=1S/C9H17N/c1-7(2)8(3)4-5-9-6-10-9/h7-8H,4-6H2,1-3H3. The van der Waals surface area contributed by atoms with Crippen molar-refractivity contribution in [3.8, 4) is 0 Å². The molecule has 1 heteroatoms. The Balaban J connectivity index is 2.05. The number of hydrogen-bond donors (Lipinski definition) is 0. The van der Waals surface area contributed by atoms with E-state index in [-0.39, 0.29) is 0 Å². The summed E-state index contributed by atoms with van der Waals surface area (Å²) in [6.07, 6.45) is 2.58. The van der Waals surface area contributed by atoms with E-state index < -0.39 is 0 Å². The highest BCUT2D eigenvalue weighted by atomic mass is 14.9. The lowest BCUT2D eigenvalue weighted by molar-refractivity contribution is 0.399. The van der Waals surface area contributed by atoms with Gasteiger partial charge in [0.2, 0.25) is 0 Å². The fourth-order valence-electron chi connectivity index (χ4n) is 0.942. The smallest absolute Gasteiger partial charge is 0.0768 e. The zero-order valence-corrected chi connectivity index (χ0v) is 7.22. The summed E-state index contributed by atoms with van der Waals surface area (Å²) in [5.41, 5.74) is 1.44. The van der Waals surface area contributed by atoms with Crippen molar-refractivity contribution in [3.63, 3.8) is 0 Å². The second-order valence-corrected chi connectivity index (χ2v) is 3.64. The summed E-state index contributed by atoms with van der Waals surface area (Å²) in [4.78, 5) is 4.15. The Bertz CT molecular complexity index is 136. The van der Waals surface area contributed by atoms with Crippen molar-refractivity contribution < 1.29 is 0 Å². The molecule has 10 heavy (non-hydrogen) atoms. The average molecular weight is 139 g/mol. The van der Waals surface area contributed by atoms with Gasteiger partial charge in [0, 0.05) is 5.71 Å². The monoisotopic (exact) mass is 139 g/mol. The van der Waals surface area contributed by atoms with Crippen molar-refractivity contribution in [2.75, 3.05) is 6.54 Å². The van der Waals surface area contributed by atoms with E-state index >= 15 is 0 Å². The van der Waals surface area contributed by atoms with E-state index in [1.54, 1.807) is 0 Å². The first-order valence-corrected chi connectivity index (χ1v) is 4.22. The molecular formula is C9H17N. The molecule has 1 rings (SSSR count). The molecule has 0 bridgehead atoms. The molecule has 1 heterocycles. The van der Waals surface area contributed by atoms with Crippen molar-refractivity contribution in [1.29, 1.82) is 0 Å². The van der Waals surface area contributed by atoms with Crippen LogP contribution < -0.4 is 0 Å². The molecular weight excluding hydrogens is 122 g/mol. The summed E-state index contributed by atoms with van der Waals surface area (Å²) in [6, 6.07) is 0. The molecule has 1 aliphatic rings. The summed E-state index contributed by atoms with van der Waals surface area (Å²) >= 11 is 0. The van der Waals surface area contributed by atoms with Gasteiger partial charge in [-0.25, -0.2) is 0 Å². The van der Waals surface area contributed by atoms with Crippen LogP contribution in [0.3, 0.4) is 0 Å². The fourth-order valence-corrected chi connectivity index (χ4v) is 0.942. The number of nitrogens with zero attached hydrogens (tertiary/aromatic N) is 1. The second kappa shape index (κ2) is 3.18. The van der Waals surface area contributed by atoms with Crippen molar-refractivity contribution in [3.05, 3.63) is 0 Å². The van der Waals surface area contributed by atoms with Gasteiger partial charge in [-0.15, -0.1) is 0 Å². The van der Waals surface area contributed by atoms with Gasteiger partial charge < -0.3 is 0 Å². The molecule has 0 N–H and O–H groups in total. The van der Waals surface area contributed by atoms with Gasteiger partial charge in [-0.1, -0.05) is 20.8 Å². The van der Waals surface area contributed by atoms with Crippen LogP contribution in [0.2, 0.25) is 0 Å². The topological polar surface area (TPSA) is 12.4 Å². The number of aliphatic imine (C=N–C) groups is 1. The highest BCUT2D eigenvalue weighted by molar-refractivity contribution is 5.96. The molecule has 0 aliphatic carbocycles. The van der Waals surface area contributed by atoms with Gasteiger partial charge in [0.1, 0.15) is 0 Å². The van der Waals surface area contributed by atoms with Gasteiger partial charge in [-0.2, -0.15) is 0 Å². The minimum absolute atomic E-state index is 0.833. The zero-order valence-electron chi connectivity index (χ0n) is 7.22. The van der Waals surface area contributed by atoms with Crippen molar-refractivity contribution >= 4 is 5.71 Å². The van der Waals surface area contributed by atoms with Crippen LogP contribution in [0, 0.1) is 11.8 Å². The second-order valence-electron chi connectivity index (χ2n) is 3.64. The Kier molecular flexibility index (Phi) is 2.47. The van der Waals surface area contributed by atoms with Gasteiger partial charge >= 0.3 is 0 Å². The third kappa shape index (κ3) is 2.51. The summed E-state index contributed by atoms with van der Waals surface area (Å²) < 4.78 is 0. The van der Waals surface area contributed by atoms with Gasteiger partial charge in [-0.05, 0) is 24.7 Å². The molecule has 0 amide bonds. The largest absolute Gasteiger partial charge is 0.286 e. The van der Waals surface area contributed by atoms with Gasteiger partial charge in [0.05, 0.1) is 6.54 Å². The molecule has 0 aromatic rings. The third-order valence-corrected chi connectivity index (χ3v) is 2.41. The van der Waals surface area contributed by atoms with Crippen molar-refractivity contribution in [2.45, 2.75) is 33.6 Å². The van der Waals surface area contributed by atoms with Crippen LogP contribution in [0.15, 0.2) is 4.99 Å². The quantitative estimate of drug-likeness (QED) is 0.567. The summed E-state index contributed by atoms with van der Waals surface area (Å²) in [6.45, 7) is 7.97. The van der Waals surface area contributed by atoms with E-state index in [9.17, 15) is 0 Å². The predicted molar refractivity (Wildman–Crippen MR) is 45.5 cm³/mol. The lowest BCUT2D eigenvalue weighted by atomic mass is 9.93. The maximum Gasteiger partial charge on any atom is 0.0768 e. The number of hydrogen-bond acceptors (Lipinski definition) is 1. The molecule has 1 atom stereocenters. The zero-order chi connectivity index (χ0) is 7.56. The molecule has 0 radical (unpaired) electrons. The van der Waals surface area contributed by atoms with E-state index in [2.05, 4.69) is 25.8 Å². The first-order chi connectivity index (χ1) is 4.70. The van der Waals surface area contributed by atoms with Crippen molar-refractivity contribution in [1.82, 2.24) is 0 Å². The normalized spacial score (nSPS) is 19.0. The summed E-state index contributed by atoms with van der Waals surface area (Å²) in [5.74, 6) is 1.70.